The van der Waals surface area contributed by atoms with Gasteiger partial charge in [-0.2, -0.15) is 0 Å². The standard InChI is InChI=1S/C23H28N2O3S.C13H18N2O2S.C10H12O2/c1-23(18-11-7-12-19(14-18)24-29(2,27)28)20-15-25(16-21(20)23)22(26)13-6-10-17-8-4-3-5-9-17;1-13(11-7-14-8-12(11)13)9-4-3-5-10(6-9)15-18(2,16)17;11-10(12)8-4-7-9-5-2-1-3-6-9/h3-5,7-9,11-12,14,20-21,24H,6,10,13,15-16H2,1-2H3;3-6,11-12,14-15H,7-8H2,1-2H3;1-3,5-6H,4,7-8H2,(H,11,12). The predicted molar refractivity (Wildman–Crippen MR) is 234 cm³/mol. The Hall–Kier alpha value is -4.72. The molecule has 4 fully saturated rings. The number of carboxylic acid groups (broad SMARTS) is 1. The highest BCUT2D eigenvalue weighted by atomic mass is 32.2. The maximum Gasteiger partial charge on any atom is 0.303 e. The van der Waals surface area contributed by atoms with Crippen LogP contribution in [0.15, 0.2) is 109 Å². The highest BCUT2D eigenvalue weighted by Gasteiger charge is 2.66. The minimum atomic E-state index is -3.29. The van der Waals surface area contributed by atoms with E-state index in [-0.39, 0.29) is 23.2 Å². The molecule has 2 saturated heterocycles. The molecule has 13 heteroatoms. The quantitative estimate of drug-likeness (QED) is 0.109. The predicted octanol–water partition coefficient (Wildman–Crippen LogP) is 6.69. The van der Waals surface area contributed by atoms with Crippen molar-refractivity contribution in [1.82, 2.24) is 10.2 Å². The number of anilines is 2. The van der Waals surface area contributed by atoms with E-state index in [0.29, 0.717) is 41.5 Å². The van der Waals surface area contributed by atoms with Crippen molar-refractivity contribution in [3.8, 4) is 0 Å². The van der Waals surface area contributed by atoms with Gasteiger partial charge in [-0.25, -0.2) is 16.8 Å². The van der Waals surface area contributed by atoms with E-state index in [2.05, 4.69) is 52.9 Å². The van der Waals surface area contributed by atoms with Gasteiger partial charge < -0.3 is 15.3 Å². The Morgan fingerprint density at radius 1 is 0.644 bits per heavy atom. The van der Waals surface area contributed by atoms with Crippen LogP contribution < -0.4 is 14.8 Å². The molecule has 4 N–H and O–H groups in total. The van der Waals surface area contributed by atoms with Crippen LogP contribution in [0.2, 0.25) is 0 Å². The molecule has 11 nitrogen and oxygen atoms in total. The van der Waals surface area contributed by atoms with Crippen LogP contribution in [0.5, 0.6) is 0 Å². The van der Waals surface area contributed by atoms with E-state index in [1.165, 1.54) is 22.9 Å². The lowest BCUT2D eigenvalue weighted by Crippen LogP contribution is -2.34. The van der Waals surface area contributed by atoms with Crippen LogP contribution in [0, 0.1) is 23.7 Å². The minimum Gasteiger partial charge on any atom is -0.481 e. The Bertz CT molecular complexity index is 2280. The molecule has 8 rings (SSSR count). The van der Waals surface area contributed by atoms with Gasteiger partial charge >= 0.3 is 5.97 Å². The van der Waals surface area contributed by atoms with Gasteiger partial charge in [0.25, 0.3) is 0 Å². The maximum absolute atomic E-state index is 12.6. The van der Waals surface area contributed by atoms with Gasteiger partial charge in [-0.3, -0.25) is 19.0 Å². The minimum absolute atomic E-state index is 0.0238. The lowest BCUT2D eigenvalue weighted by atomic mass is 9.92. The average molecular weight is 843 g/mol. The van der Waals surface area contributed by atoms with Crippen molar-refractivity contribution >= 4 is 43.3 Å². The number of sulfonamides is 2. The lowest BCUT2D eigenvalue weighted by Gasteiger charge is -2.25. The van der Waals surface area contributed by atoms with Crippen LogP contribution in [0.4, 0.5) is 11.4 Å². The number of piperidine rings is 2. The zero-order valence-corrected chi connectivity index (χ0v) is 36.1. The summed E-state index contributed by atoms with van der Waals surface area (Å²) in [6, 6.07) is 35.7. The summed E-state index contributed by atoms with van der Waals surface area (Å²) in [5.41, 5.74) is 6.39. The summed E-state index contributed by atoms with van der Waals surface area (Å²) >= 11 is 0. The lowest BCUT2D eigenvalue weighted by molar-refractivity contribution is -0.137. The van der Waals surface area contributed by atoms with E-state index in [0.717, 1.165) is 63.7 Å². The molecule has 2 saturated carbocycles. The summed E-state index contributed by atoms with van der Waals surface area (Å²) in [6.07, 6.45) is 6.59. The molecule has 0 spiro atoms. The third-order valence-electron chi connectivity index (χ3n) is 12.7. The smallest absolute Gasteiger partial charge is 0.303 e. The Morgan fingerprint density at radius 2 is 1.07 bits per heavy atom. The van der Waals surface area contributed by atoms with E-state index in [9.17, 15) is 26.4 Å². The number of benzene rings is 4. The summed E-state index contributed by atoms with van der Waals surface area (Å²) < 4.78 is 50.6. The fourth-order valence-electron chi connectivity index (χ4n) is 9.34. The number of carbonyl (C=O) groups is 2. The van der Waals surface area contributed by atoms with E-state index >= 15 is 0 Å². The number of carbonyl (C=O) groups excluding carboxylic acids is 1. The van der Waals surface area contributed by atoms with Gasteiger partial charge in [0.05, 0.1) is 12.5 Å². The molecule has 2 aliphatic carbocycles. The molecular weight excluding hydrogens is 785 g/mol. The van der Waals surface area contributed by atoms with Crippen molar-refractivity contribution in [3.05, 3.63) is 131 Å². The summed E-state index contributed by atoms with van der Waals surface area (Å²) in [4.78, 5) is 24.8. The van der Waals surface area contributed by atoms with Crippen LogP contribution in [0.1, 0.15) is 61.8 Å². The molecule has 2 heterocycles. The molecule has 1 amide bonds. The monoisotopic (exact) mass is 842 g/mol. The van der Waals surface area contributed by atoms with Crippen molar-refractivity contribution in [2.24, 2.45) is 23.7 Å². The van der Waals surface area contributed by atoms with Crippen molar-refractivity contribution in [1.29, 1.82) is 0 Å². The second-order valence-electron chi connectivity index (χ2n) is 16.9. The molecular formula is C46H58N4O7S2. The first-order valence-corrected chi connectivity index (χ1v) is 24.2. The molecule has 59 heavy (non-hydrogen) atoms. The fraction of sp³-hybridized carbons (Fsp3) is 0.435. The van der Waals surface area contributed by atoms with Gasteiger partial charge in [-0.15, -0.1) is 0 Å². The largest absolute Gasteiger partial charge is 0.481 e. The molecule has 2 aliphatic heterocycles. The van der Waals surface area contributed by atoms with E-state index in [1.807, 2.05) is 77.7 Å². The SMILES string of the molecule is CC1(c2cccc(NS(C)(=O)=O)c2)C2CN(C(=O)CCCc3ccccc3)CC21.CC1(c2cccc(NS(C)(=O)=O)c2)C2CNCC21.O=C(O)CCCc1ccccc1. The van der Waals surface area contributed by atoms with E-state index in [4.69, 9.17) is 5.11 Å². The maximum atomic E-state index is 12.6. The van der Waals surface area contributed by atoms with Crippen molar-refractivity contribution in [2.45, 2.75) is 63.2 Å². The van der Waals surface area contributed by atoms with Crippen LogP contribution in [-0.4, -0.2) is 77.4 Å². The van der Waals surface area contributed by atoms with Crippen molar-refractivity contribution in [3.63, 3.8) is 0 Å². The molecule has 4 aromatic rings. The second kappa shape index (κ2) is 18.3. The Morgan fingerprint density at radius 3 is 1.49 bits per heavy atom. The van der Waals surface area contributed by atoms with Crippen LogP contribution >= 0.6 is 0 Å². The van der Waals surface area contributed by atoms with E-state index < -0.39 is 26.0 Å². The number of hydrogen-bond acceptors (Lipinski definition) is 7. The Labute approximate surface area is 350 Å². The number of aryl methyl sites for hydroxylation is 2. The Kier molecular flexibility index (Phi) is 13.6. The number of carboxylic acids is 1. The molecule has 0 bridgehead atoms. The third kappa shape index (κ3) is 11.3. The number of nitrogens with zero attached hydrogens (tertiary/aromatic N) is 1. The molecule has 4 atom stereocenters. The first kappa shape index (κ1) is 43.8. The first-order chi connectivity index (χ1) is 28.0. The number of likely N-dealkylation sites (tertiary alicyclic amines) is 1. The number of aliphatic carboxylic acids is 1. The van der Waals surface area contributed by atoms with Crippen LogP contribution in [-0.2, 0) is 53.3 Å². The topological polar surface area (TPSA) is 162 Å². The molecule has 4 aromatic carbocycles. The number of rotatable bonds is 14. The summed E-state index contributed by atoms with van der Waals surface area (Å²) in [6.45, 7) is 8.27. The Balaban J connectivity index is 0.000000165. The number of amides is 1. The van der Waals surface area contributed by atoms with E-state index in [1.54, 1.807) is 12.1 Å². The van der Waals surface area contributed by atoms with Gasteiger partial charge in [0, 0.05) is 48.1 Å². The summed E-state index contributed by atoms with van der Waals surface area (Å²) in [7, 11) is -6.49. The summed E-state index contributed by atoms with van der Waals surface area (Å²) in [5, 5.41) is 11.8. The molecule has 316 valence electrons. The molecule has 0 aromatic heterocycles. The number of fused-ring (bicyclic) bond motifs is 2. The molecule has 4 unspecified atom stereocenters. The van der Waals surface area contributed by atoms with Crippen LogP contribution in [0.3, 0.4) is 0 Å². The third-order valence-corrected chi connectivity index (χ3v) is 13.9. The second-order valence-corrected chi connectivity index (χ2v) is 20.4. The molecule has 0 radical (unpaired) electrons. The highest BCUT2D eigenvalue weighted by molar-refractivity contribution is 7.92. The normalized spacial score (nSPS) is 24.9. The first-order valence-electron chi connectivity index (χ1n) is 20.4. The summed E-state index contributed by atoms with van der Waals surface area (Å²) in [5.74, 6) is 1.84. The van der Waals surface area contributed by atoms with Crippen molar-refractivity contribution in [2.75, 3.05) is 48.1 Å². The van der Waals surface area contributed by atoms with Gasteiger partial charge in [0.15, 0.2) is 0 Å². The zero-order valence-electron chi connectivity index (χ0n) is 34.4. The zero-order chi connectivity index (χ0) is 42.4. The van der Waals surface area contributed by atoms with Gasteiger partial charge in [-0.05, 0) is 109 Å². The van der Waals surface area contributed by atoms with Crippen LogP contribution in [0.25, 0.3) is 0 Å². The number of hydrogen-bond donors (Lipinski definition) is 4. The molecule has 4 aliphatic rings. The van der Waals surface area contributed by atoms with Gasteiger partial charge in [0.2, 0.25) is 26.0 Å². The fourth-order valence-corrected chi connectivity index (χ4v) is 10.5. The number of nitrogens with one attached hydrogen (secondary N) is 3. The van der Waals surface area contributed by atoms with Gasteiger partial charge in [0.1, 0.15) is 0 Å². The van der Waals surface area contributed by atoms with Crippen molar-refractivity contribution < 1.29 is 31.5 Å². The average Bonchev–Trinajstić information content (AvgIpc) is 3.64. The van der Waals surface area contributed by atoms with Gasteiger partial charge in [-0.1, -0.05) is 98.8 Å². The highest BCUT2D eigenvalue weighted by Crippen LogP contribution is 2.63.